The molecule has 1 heterocycles. The SMILES string of the molecule is CCC1CCC(N(C)S(=O)(=O)c2cnccc2Cl)CC1. The Hall–Kier alpha value is -0.650. The van der Waals surface area contributed by atoms with Crippen molar-refractivity contribution in [1.82, 2.24) is 9.29 Å². The molecule has 0 atom stereocenters. The van der Waals surface area contributed by atoms with Gasteiger partial charge in [-0.25, -0.2) is 8.42 Å². The van der Waals surface area contributed by atoms with E-state index < -0.39 is 10.0 Å². The Balaban J connectivity index is 2.16. The van der Waals surface area contributed by atoms with Crippen molar-refractivity contribution in [3.05, 3.63) is 23.5 Å². The second-order valence-corrected chi connectivity index (χ2v) is 7.78. The van der Waals surface area contributed by atoms with Crippen LogP contribution >= 0.6 is 11.6 Å². The summed E-state index contributed by atoms with van der Waals surface area (Å²) in [7, 11) is -1.91. The summed E-state index contributed by atoms with van der Waals surface area (Å²) in [6, 6.07) is 1.58. The summed E-state index contributed by atoms with van der Waals surface area (Å²) >= 11 is 5.99. The van der Waals surface area contributed by atoms with Crippen LogP contribution in [-0.4, -0.2) is 30.8 Å². The lowest BCUT2D eigenvalue weighted by atomic mass is 9.85. The predicted octanol–water partition coefficient (Wildman–Crippen LogP) is 3.32. The molecule has 0 N–H and O–H groups in total. The standard InChI is InChI=1S/C14H21ClN2O2S/c1-3-11-4-6-12(7-5-11)17(2)20(18,19)14-10-16-9-8-13(14)15/h8-12H,3-7H2,1-2H3. The van der Waals surface area contributed by atoms with Crippen LogP contribution in [0.4, 0.5) is 0 Å². The first-order valence-corrected chi connectivity index (χ1v) is 8.86. The highest BCUT2D eigenvalue weighted by molar-refractivity contribution is 7.89. The van der Waals surface area contributed by atoms with E-state index in [4.69, 9.17) is 11.6 Å². The molecule has 0 bridgehead atoms. The maximum absolute atomic E-state index is 12.6. The van der Waals surface area contributed by atoms with Gasteiger partial charge in [0.05, 0.1) is 5.02 Å². The molecule has 0 spiro atoms. The minimum absolute atomic E-state index is 0.0686. The number of pyridine rings is 1. The average molecular weight is 317 g/mol. The highest BCUT2D eigenvalue weighted by atomic mass is 35.5. The van der Waals surface area contributed by atoms with Gasteiger partial charge in [0.1, 0.15) is 4.90 Å². The molecule has 2 rings (SSSR count). The summed E-state index contributed by atoms with van der Waals surface area (Å²) in [6.45, 7) is 2.20. The van der Waals surface area contributed by atoms with Gasteiger partial charge < -0.3 is 0 Å². The Morgan fingerprint density at radius 3 is 2.55 bits per heavy atom. The Morgan fingerprint density at radius 2 is 2.00 bits per heavy atom. The number of nitrogens with zero attached hydrogens (tertiary/aromatic N) is 2. The lowest BCUT2D eigenvalue weighted by Crippen LogP contribution is -2.39. The van der Waals surface area contributed by atoms with E-state index in [1.807, 2.05) is 0 Å². The van der Waals surface area contributed by atoms with Crippen LogP contribution in [0.25, 0.3) is 0 Å². The number of hydrogen-bond donors (Lipinski definition) is 0. The smallest absolute Gasteiger partial charge is 0.246 e. The minimum Gasteiger partial charge on any atom is -0.263 e. The zero-order valence-electron chi connectivity index (χ0n) is 11.9. The van der Waals surface area contributed by atoms with Crippen LogP contribution in [-0.2, 0) is 10.0 Å². The molecule has 6 heteroatoms. The summed E-state index contributed by atoms with van der Waals surface area (Å²) in [6.07, 6.45) is 8.04. The molecule has 0 saturated heterocycles. The van der Waals surface area contributed by atoms with Gasteiger partial charge in [0, 0.05) is 25.5 Å². The Morgan fingerprint density at radius 1 is 1.35 bits per heavy atom. The summed E-state index contributed by atoms with van der Waals surface area (Å²) < 4.78 is 26.7. The summed E-state index contributed by atoms with van der Waals surface area (Å²) in [5.74, 6) is 0.740. The van der Waals surface area contributed by atoms with Crippen molar-refractivity contribution in [3.8, 4) is 0 Å². The topological polar surface area (TPSA) is 50.3 Å². The number of rotatable bonds is 4. The van der Waals surface area contributed by atoms with Crippen molar-refractivity contribution < 1.29 is 8.42 Å². The highest BCUT2D eigenvalue weighted by Crippen LogP contribution is 2.32. The summed E-state index contributed by atoms with van der Waals surface area (Å²) in [5, 5.41) is 0.231. The van der Waals surface area contributed by atoms with Crippen LogP contribution < -0.4 is 0 Å². The van der Waals surface area contributed by atoms with Crippen molar-refractivity contribution in [2.24, 2.45) is 5.92 Å². The van der Waals surface area contributed by atoms with Crippen LogP contribution in [0.5, 0.6) is 0 Å². The number of hydrogen-bond acceptors (Lipinski definition) is 3. The average Bonchev–Trinajstić information content (AvgIpc) is 2.47. The molecule has 0 aromatic carbocycles. The molecular weight excluding hydrogens is 296 g/mol. The molecule has 1 fully saturated rings. The molecule has 0 amide bonds. The minimum atomic E-state index is -3.55. The summed E-state index contributed by atoms with van der Waals surface area (Å²) in [5.41, 5.74) is 0. The van der Waals surface area contributed by atoms with Crippen molar-refractivity contribution in [3.63, 3.8) is 0 Å². The fourth-order valence-electron chi connectivity index (χ4n) is 2.82. The normalized spacial score (nSPS) is 24.0. The van der Waals surface area contributed by atoms with Gasteiger partial charge in [0.15, 0.2) is 0 Å². The van der Waals surface area contributed by atoms with Gasteiger partial charge >= 0.3 is 0 Å². The molecule has 0 radical (unpaired) electrons. The van der Waals surface area contributed by atoms with Crippen LogP contribution in [0.2, 0.25) is 5.02 Å². The van der Waals surface area contributed by atoms with E-state index in [9.17, 15) is 8.42 Å². The maximum atomic E-state index is 12.6. The van der Waals surface area contributed by atoms with Gasteiger partial charge in [-0.05, 0) is 37.7 Å². The first kappa shape index (κ1) is 15.7. The predicted molar refractivity (Wildman–Crippen MR) is 80.2 cm³/mol. The maximum Gasteiger partial charge on any atom is 0.246 e. The molecule has 1 saturated carbocycles. The fraction of sp³-hybridized carbons (Fsp3) is 0.643. The fourth-order valence-corrected chi connectivity index (χ4v) is 4.64. The summed E-state index contributed by atoms with van der Waals surface area (Å²) in [4.78, 5) is 3.97. The third-order valence-electron chi connectivity index (χ3n) is 4.30. The van der Waals surface area contributed by atoms with Crippen LogP contribution in [0.15, 0.2) is 23.4 Å². The van der Waals surface area contributed by atoms with Crippen molar-refractivity contribution in [2.45, 2.75) is 50.0 Å². The zero-order valence-corrected chi connectivity index (χ0v) is 13.5. The van der Waals surface area contributed by atoms with E-state index in [1.165, 1.54) is 29.2 Å². The molecule has 112 valence electrons. The monoisotopic (exact) mass is 316 g/mol. The van der Waals surface area contributed by atoms with Crippen LogP contribution in [0, 0.1) is 5.92 Å². The molecular formula is C14H21ClN2O2S. The van der Waals surface area contributed by atoms with Crippen LogP contribution in [0.3, 0.4) is 0 Å². The second kappa shape index (κ2) is 6.41. The first-order chi connectivity index (χ1) is 9.46. The Kier molecular flexibility index (Phi) is 5.04. The molecule has 20 heavy (non-hydrogen) atoms. The van der Waals surface area contributed by atoms with Gasteiger partial charge in [0.25, 0.3) is 0 Å². The molecule has 1 aliphatic rings. The van der Waals surface area contributed by atoms with Gasteiger partial charge in [-0.15, -0.1) is 0 Å². The lowest BCUT2D eigenvalue weighted by molar-refractivity contribution is 0.233. The Bertz CT molecular complexity index is 554. The largest absolute Gasteiger partial charge is 0.263 e. The molecule has 0 unspecified atom stereocenters. The quantitative estimate of drug-likeness (QED) is 0.856. The van der Waals surface area contributed by atoms with E-state index in [2.05, 4.69) is 11.9 Å². The second-order valence-electron chi connectivity index (χ2n) is 5.41. The third-order valence-corrected chi connectivity index (χ3v) is 6.68. The van der Waals surface area contributed by atoms with Crippen molar-refractivity contribution in [1.29, 1.82) is 0 Å². The van der Waals surface area contributed by atoms with E-state index in [0.29, 0.717) is 0 Å². The van der Waals surface area contributed by atoms with Gasteiger partial charge in [0.2, 0.25) is 10.0 Å². The number of aromatic nitrogens is 1. The molecule has 0 aliphatic heterocycles. The van der Waals surface area contributed by atoms with Crippen molar-refractivity contribution >= 4 is 21.6 Å². The van der Waals surface area contributed by atoms with Gasteiger partial charge in [-0.3, -0.25) is 4.98 Å². The molecule has 1 aliphatic carbocycles. The van der Waals surface area contributed by atoms with Crippen LogP contribution in [0.1, 0.15) is 39.0 Å². The van der Waals surface area contributed by atoms with E-state index in [0.717, 1.165) is 31.6 Å². The molecule has 1 aromatic heterocycles. The number of sulfonamides is 1. The highest BCUT2D eigenvalue weighted by Gasteiger charge is 2.32. The lowest BCUT2D eigenvalue weighted by Gasteiger charge is -2.33. The van der Waals surface area contributed by atoms with Gasteiger partial charge in [-0.2, -0.15) is 4.31 Å². The van der Waals surface area contributed by atoms with E-state index in [-0.39, 0.29) is 16.0 Å². The molecule has 4 nitrogen and oxygen atoms in total. The molecule has 1 aromatic rings. The van der Waals surface area contributed by atoms with E-state index >= 15 is 0 Å². The third kappa shape index (κ3) is 3.15. The van der Waals surface area contributed by atoms with E-state index in [1.54, 1.807) is 7.05 Å². The number of halogens is 1. The Labute approximate surface area is 126 Å². The zero-order chi connectivity index (χ0) is 14.8. The first-order valence-electron chi connectivity index (χ1n) is 7.04. The van der Waals surface area contributed by atoms with Gasteiger partial charge in [-0.1, -0.05) is 24.9 Å². The van der Waals surface area contributed by atoms with Crippen molar-refractivity contribution in [2.75, 3.05) is 7.05 Å².